The SMILES string of the molecule is Cc1ncc(CN2CC[C@](Cc3ccccc3)(C(=O)O)[C@H](O)C2)cn1. The van der Waals surface area contributed by atoms with E-state index >= 15 is 0 Å². The van der Waals surface area contributed by atoms with Gasteiger partial charge in [-0.05, 0) is 31.9 Å². The van der Waals surface area contributed by atoms with Crippen molar-refractivity contribution in [1.82, 2.24) is 14.9 Å². The molecule has 1 saturated heterocycles. The molecule has 0 amide bonds. The Balaban J connectivity index is 1.71. The number of piperidine rings is 1. The minimum atomic E-state index is -1.14. The van der Waals surface area contributed by atoms with Crippen molar-refractivity contribution in [2.45, 2.75) is 32.4 Å². The Morgan fingerprint density at radius 1 is 1.24 bits per heavy atom. The molecule has 6 heteroatoms. The summed E-state index contributed by atoms with van der Waals surface area (Å²) in [6.07, 6.45) is 3.37. The molecule has 25 heavy (non-hydrogen) atoms. The lowest BCUT2D eigenvalue weighted by molar-refractivity contribution is -0.163. The molecular weight excluding hydrogens is 318 g/mol. The van der Waals surface area contributed by atoms with Gasteiger partial charge >= 0.3 is 5.97 Å². The maximum Gasteiger partial charge on any atom is 0.312 e. The van der Waals surface area contributed by atoms with E-state index in [-0.39, 0.29) is 0 Å². The van der Waals surface area contributed by atoms with Gasteiger partial charge in [-0.25, -0.2) is 9.97 Å². The molecule has 1 aromatic heterocycles. The van der Waals surface area contributed by atoms with Crippen LogP contribution in [0, 0.1) is 12.3 Å². The van der Waals surface area contributed by atoms with Gasteiger partial charge in [0.15, 0.2) is 0 Å². The van der Waals surface area contributed by atoms with Gasteiger partial charge in [0.25, 0.3) is 0 Å². The summed E-state index contributed by atoms with van der Waals surface area (Å²) < 4.78 is 0. The molecule has 2 heterocycles. The highest BCUT2D eigenvalue weighted by Gasteiger charge is 2.48. The molecule has 0 spiro atoms. The van der Waals surface area contributed by atoms with Gasteiger partial charge in [-0.2, -0.15) is 0 Å². The number of aryl methyl sites for hydroxylation is 1. The van der Waals surface area contributed by atoms with Crippen LogP contribution in [0.1, 0.15) is 23.4 Å². The Bertz CT molecular complexity index is 720. The first-order chi connectivity index (χ1) is 12.0. The zero-order valence-electron chi connectivity index (χ0n) is 14.3. The molecule has 0 aliphatic carbocycles. The van der Waals surface area contributed by atoms with Gasteiger partial charge in [-0.1, -0.05) is 30.3 Å². The molecule has 1 aliphatic heterocycles. The Morgan fingerprint density at radius 2 is 1.92 bits per heavy atom. The normalized spacial score (nSPS) is 24.2. The van der Waals surface area contributed by atoms with E-state index in [2.05, 4.69) is 14.9 Å². The zero-order chi connectivity index (χ0) is 17.9. The number of aromatic nitrogens is 2. The summed E-state index contributed by atoms with van der Waals surface area (Å²) >= 11 is 0. The molecule has 1 fully saturated rings. The van der Waals surface area contributed by atoms with Crippen LogP contribution >= 0.6 is 0 Å². The average molecular weight is 341 g/mol. The van der Waals surface area contributed by atoms with E-state index < -0.39 is 17.5 Å². The third kappa shape index (κ3) is 3.86. The molecule has 0 bridgehead atoms. The van der Waals surface area contributed by atoms with Crippen LogP contribution in [-0.2, 0) is 17.8 Å². The number of aliphatic hydroxyl groups is 1. The quantitative estimate of drug-likeness (QED) is 0.860. The molecule has 6 nitrogen and oxygen atoms in total. The van der Waals surface area contributed by atoms with E-state index in [1.54, 1.807) is 12.4 Å². The van der Waals surface area contributed by atoms with Crippen LogP contribution in [-0.4, -0.2) is 50.2 Å². The number of benzene rings is 1. The number of carboxylic acid groups (broad SMARTS) is 1. The number of carboxylic acids is 1. The molecule has 0 unspecified atom stereocenters. The number of likely N-dealkylation sites (tertiary alicyclic amines) is 1. The van der Waals surface area contributed by atoms with E-state index in [0.717, 1.165) is 17.0 Å². The number of β-amino-alcohol motifs (C(OH)–C–C–N with tert-alkyl or cyclic N) is 1. The minimum absolute atomic E-state index is 0.326. The number of nitrogens with zero attached hydrogens (tertiary/aromatic N) is 3. The first kappa shape index (κ1) is 17.5. The molecule has 0 saturated carbocycles. The highest BCUT2D eigenvalue weighted by atomic mass is 16.4. The fourth-order valence-electron chi connectivity index (χ4n) is 3.43. The maximum absolute atomic E-state index is 12.0. The van der Waals surface area contributed by atoms with Crippen molar-refractivity contribution < 1.29 is 15.0 Å². The van der Waals surface area contributed by atoms with Crippen LogP contribution in [0.2, 0.25) is 0 Å². The van der Waals surface area contributed by atoms with E-state index in [4.69, 9.17) is 0 Å². The Kier molecular flexibility index (Phi) is 5.11. The molecule has 132 valence electrons. The van der Waals surface area contributed by atoms with Gasteiger partial charge in [0.2, 0.25) is 0 Å². The van der Waals surface area contributed by atoms with E-state index in [9.17, 15) is 15.0 Å². The highest BCUT2D eigenvalue weighted by molar-refractivity contribution is 5.76. The Labute approximate surface area is 147 Å². The van der Waals surface area contributed by atoms with Crippen LogP contribution in [0.4, 0.5) is 0 Å². The summed E-state index contributed by atoms with van der Waals surface area (Å²) in [5.41, 5.74) is 0.759. The van der Waals surface area contributed by atoms with Crippen molar-refractivity contribution in [2.75, 3.05) is 13.1 Å². The molecule has 0 radical (unpaired) electrons. The second-order valence-corrected chi connectivity index (χ2v) is 6.76. The van der Waals surface area contributed by atoms with E-state index in [0.29, 0.717) is 32.5 Å². The third-order valence-electron chi connectivity index (χ3n) is 4.97. The predicted octanol–water partition coefficient (Wildman–Crippen LogP) is 1.67. The number of rotatable bonds is 5. The number of carbonyl (C=O) groups is 1. The van der Waals surface area contributed by atoms with Gasteiger partial charge in [-0.3, -0.25) is 9.69 Å². The lowest BCUT2D eigenvalue weighted by Crippen LogP contribution is -2.55. The van der Waals surface area contributed by atoms with Gasteiger partial charge in [0.1, 0.15) is 11.2 Å². The van der Waals surface area contributed by atoms with Crippen molar-refractivity contribution in [3.63, 3.8) is 0 Å². The number of hydrogen-bond donors (Lipinski definition) is 2. The zero-order valence-corrected chi connectivity index (χ0v) is 14.3. The standard InChI is InChI=1S/C19H23N3O3/c1-14-20-10-16(11-21-14)12-22-8-7-19(18(24)25,17(23)13-22)9-15-5-3-2-4-6-15/h2-6,10-11,17,23H,7-9,12-13H2,1H3,(H,24,25)/t17-,19-/m1/s1. The van der Waals surface area contributed by atoms with Crippen LogP contribution in [0.3, 0.4) is 0 Å². The molecule has 2 aromatic rings. The molecule has 1 aromatic carbocycles. The molecule has 2 N–H and O–H groups in total. The number of aliphatic carboxylic acids is 1. The van der Waals surface area contributed by atoms with Crippen molar-refractivity contribution in [3.8, 4) is 0 Å². The lowest BCUT2D eigenvalue weighted by Gasteiger charge is -2.43. The smallest absolute Gasteiger partial charge is 0.312 e. The maximum atomic E-state index is 12.0. The second-order valence-electron chi connectivity index (χ2n) is 6.76. The van der Waals surface area contributed by atoms with Crippen molar-refractivity contribution in [2.24, 2.45) is 5.41 Å². The van der Waals surface area contributed by atoms with Gasteiger partial charge < -0.3 is 10.2 Å². The topological polar surface area (TPSA) is 86.6 Å². The van der Waals surface area contributed by atoms with Crippen molar-refractivity contribution in [3.05, 3.63) is 59.7 Å². The first-order valence-electron chi connectivity index (χ1n) is 8.45. The van der Waals surface area contributed by atoms with E-state index in [1.807, 2.05) is 37.3 Å². The Hall–Kier alpha value is -2.31. The molecular formula is C19H23N3O3. The monoisotopic (exact) mass is 341 g/mol. The van der Waals surface area contributed by atoms with Gasteiger partial charge in [-0.15, -0.1) is 0 Å². The predicted molar refractivity (Wildman–Crippen MR) is 92.9 cm³/mol. The second kappa shape index (κ2) is 7.29. The summed E-state index contributed by atoms with van der Waals surface area (Å²) in [7, 11) is 0. The lowest BCUT2D eigenvalue weighted by atomic mass is 9.71. The molecule has 1 aliphatic rings. The van der Waals surface area contributed by atoms with E-state index in [1.165, 1.54) is 0 Å². The van der Waals surface area contributed by atoms with Crippen LogP contribution in [0.15, 0.2) is 42.7 Å². The number of hydrogen-bond acceptors (Lipinski definition) is 5. The van der Waals surface area contributed by atoms with Crippen molar-refractivity contribution >= 4 is 5.97 Å². The summed E-state index contributed by atoms with van der Waals surface area (Å²) in [5, 5.41) is 20.5. The summed E-state index contributed by atoms with van der Waals surface area (Å²) in [4.78, 5) is 22.4. The molecule has 3 rings (SSSR count). The van der Waals surface area contributed by atoms with Crippen LogP contribution in [0.5, 0.6) is 0 Å². The fraction of sp³-hybridized carbons (Fsp3) is 0.421. The number of aliphatic hydroxyl groups excluding tert-OH is 1. The third-order valence-corrected chi connectivity index (χ3v) is 4.97. The van der Waals surface area contributed by atoms with Crippen LogP contribution < -0.4 is 0 Å². The van der Waals surface area contributed by atoms with Gasteiger partial charge in [0.05, 0.1) is 6.10 Å². The Morgan fingerprint density at radius 3 is 2.52 bits per heavy atom. The van der Waals surface area contributed by atoms with Gasteiger partial charge in [0, 0.05) is 31.0 Å². The summed E-state index contributed by atoms with van der Waals surface area (Å²) in [6, 6.07) is 9.51. The van der Waals surface area contributed by atoms with Crippen LogP contribution in [0.25, 0.3) is 0 Å². The highest BCUT2D eigenvalue weighted by Crippen LogP contribution is 2.36. The average Bonchev–Trinajstić information content (AvgIpc) is 2.60. The minimum Gasteiger partial charge on any atom is -0.481 e. The fourth-order valence-corrected chi connectivity index (χ4v) is 3.43. The largest absolute Gasteiger partial charge is 0.481 e. The summed E-state index contributed by atoms with van der Waals surface area (Å²) in [5.74, 6) is -0.211. The summed E-state index contributed by atoms with van der Waals surface area (Å²) in [6.45, 7) is 3.38. The first-order valence-corrected chi connectivity index (χ1v) is 8.45. The molecule has 2 atom stereocenters. The van der Waals surface area contributed by atoms with Crippen molar-refractivity contribution in [1.29, 1.82) is 0 Å².